The highest BCUT2D eigenvalue weighted by molar-refractivity contribution is 5.36. The summed E-state index contributed by atoms with van der Waals surface area (Å²) in [7, 11) is 0. The van der Waals surface area contributed by atoms with Gasteiger partial charge in [0, 0.05) is 6.54 Å². The summed E-state index contributed by atoms with van der Waals surface area (Å²) in [5.41, 5.74) is 2.73. The summed E-state index contributed by atoms with van der Waals surface area (Å²) in [6.45, 7) is 1.12. The van der Waals surface area contributed by atoms with Crippen molar-refractivity contribution in [1.82, 2.24) is 10.2 Å². The Morgan fingerprint density at radius 2 is 1.96 bits per heavy atom. The Balaban J connectivity index is 1.59. The minimum atomic E-state index is 0.437. The van der Waals surface area contributed by atoms with E-state index in [0.29, 0.717) is 18.7 Å². The molecule has 0 radical (unpaired) electrons. The molecule has 23 heavy (non-hydrogen) atoms. The smallest absolute Gasteiger partial charge is 0.121 e. The van der Waals surface area contributed by atoms with Crippen molar-refractivity contribution in [1.29, 1.82) is 5.26 Å². The van der Waals surface area contributed by atoms with Crippen molar-refractivity contribution >= 4 is 5.82 Å². The summed E-state index contributed by atoms with van der Waals surface area (Å²) in [5.74, 6) is 1.68. The van der Waals surface area contributed by atoms with Gasteiger partial charge in [0.1, 0.15) is 18.2 Å². The Bertz CT molecular complexity index is 806. The van der Waals surface area contributed by atoms with Crippen molar-refractivity contribution in [3.8, 4) is 11.8 Å². The molecule has 2 N–H and O–H groups in total. The van der Waals surface area contributed by atoms with Crippen LogP contribution in [-0.4, -0.2) is 10.2 Å². The molecular formula is C18H16N4O. The summed E-state index contributed by atoms with van der Waals surface area (Å²) in [6.07, 6.45) is 1.71. The molecule has 0 bridgehead atoms. The number of nitrogens with one attached hydrogen (secondary N) is 2. The second-order valence-electron chi connectivity index (χ2n) is 5.07. The molecule has 3 rings (SSSR count). The minimum Gasteiger partial charge on any atom is -0.489 e. The average Bonchev–Trinajstić information content (AvgIpc) is 3.12. The van der Waals surface area contributed by atoms with Crippen molar-refractivity contribution in [3.05, 3.63) is 77.5 Å². The number of nitrogens with zero attached hydrogens (tertiary/aromatic N) is 2. The van der Waals surface area contributed by atoms with Gasteiger partial charge in [0.15, 0.2) is 0 Å². The molecule has 0 aliphatic carbocycles. The fraction of sp³-hybridized carbons (Fsp3) is 0.111. The maximum Gasteiger partial charge on any atom is 0.121 e. The molecule has 0 spiro atoms. The van der Waals surface area contributed by atoms with Crippen LogP contribution in [0.2, 0.25) is 0 Å². The number of benzene rings is 2. The van der Waals surface area contributed by atoms with Crippen LogP contribution in [0, 0.1) is 11.3 Å². The third-order valence-electron chi connectivity index (χ3n) is 3.34. The average molecular weight is 304 g/mol. The number of aromatic amines is 1. The number of aromatic nitrogens is 2. The number of H-pyrrole nitrogens is 1. The van der Waals surface area contributed by atoms with E-state index in [1.807, 2.05) is 48.5 Å². The predicted octanol–water partition coefficient (Wildman–Crippen LogP) is 3.47. The lowest BCUT2D eigenvalue weighted by molar-refractivity contribution is 0.306. The molecule has 114 valence electrons. The van der Waals surface area contributed by atoms with E-state index in [-0.39, 0.29) is 0 Å². The van der Waals surface area contributed by atoms with E-state index in [4.69, 9.17) is 10.00 Å². The molecular weight excluding hydrogens is 288 g/mol. The second kappa shape index (κ2) is 7.14. The molecule has 0 aliphatic heterocycles. The van der Waals surface area contributed by atoms with E-state index < -0.39 is 0 Å². The van der Waals surface area contributed by atoms with Gasteiger partial charge in [0.25, 0.3) is 0 Å². The zero-order valence-electron chi connectivity index (χ0n) is 12.5. The fourth-order valence-corrected chi connectivity index (χ4v) is 2.19. The maximum absolute atomic E-state index is 8.92. The van der Waals surface area contributed by atoms with Gasteiger partial charge < -0.3 is 10.1 Å². The highest BCUT2D eigenvalue weighted by Gasteiger charge is 2.00. The van der Waals surface area contributed by atoms with Crippen molar-refractivity contribution in [2.45, 2.75) is 13.2 Å². The van der Waals surface area contributed by atoms with Crippen LogP contribution in [0.5, 0.6) is 5.75 Å². The van der Waals surface area contributed by atoms with Gasteiger partial charge in [-0.3, -0.25) is 5.10 Å². The largest absolute Gasteiger partial charge is 0.489 e. The molecule has 5 heteroatoms. The predicted molar refractivity (Wildman–Crippen MR) is 87.8 cm³/mol. The Kier molecular flexibility index (Phi) is 4.55. The van der Waals surface area contributed by atoms with Crippen LogP contribution < -0.4 is 10.1 Å². The van der Waals surface area contributed by atoms with Crippen molar-refractivity contribution in [3.63, 3.8) is 0 Å². The summed E-state index contributed by atoms with van der Waals surface area (Å²) in [6, 6.07) is 19.4. The summed E-state index contributed by atoms with van der Waals surface area (Å²) in [5, 5.41) is 18.9. The standard InChI is InChI=1S/C18H16N4O/c19-11-14-3-1-5-16(9-14)13-23-17-6-2-4-15(10-17)12-20-18-7-8-21-22-18/h1-10H,12-13H2,(H2,20,21,22). The Labute approximate surface area is 134 Å². The number of rotatable bonds is 6. The lowest BCUT2D eigenvalue weighted by atomic mass is 10.1. The highest BCUT2D eigenvalue weighted by Crippen LogP contribution is 2.16. The Morgan fingerprint density at radius 1 is 1.09 bits per heavy atom. The Morgan fingerprint density at radius 3 is 2.78 bits per heavy atom. The van der Waals surface area contributed by atoms with Crippen LogP contribution in [0.3, 0.4) is 0 Å². The zero-order valence-corrected chi connectivity index (χ0v) is 12.5. The van der Waals surface area contributed by atoms with Gasteiger partial charge in [-0.2, -0.15) is 10.4 Å². The minimum absolute atomic E-state index is 0.437. The van der Waals surface area contributed by atoms with E-state index in [1.165, 1.54) is 0 Å². The first-order valence-electron chi connectivity index (χ1n) is 7.27. The monoisotopic (exact) mass is 304 g/mol. The van der Waals surface area contributed by atoms with Gasteiger partial charge in [0.2, 0.25) is 0 Å². The first-order valence-corrected chi connectivity index (χ1v) is 7.27. The summed E-state index contributed by atoms with van der Waals surface area (Å²) in [4.78, 5) is 0. The first kappa shape index (κ1) is 14.7. The van der Waals surface area contributed by atoms with E-state index in [9.17, 15) is 0 Å². The molecule has 0 atom stereocenters. The Hall–Kier alpha value is -3.26. The SMILES string of the molecule is N#Cc1cccc(COc2cccc(CNc3ccn[nH]3)c2)c1. The van der Waals surface area contributed by atoms with Crippen LogP contribution in [0.1, 0.15) is 16.7 Å². The molecule has 0 amide bonds. The molecule has 0 fully saturated rings. The van der Waals surface area contributed by atoms with Gasteiger partial charge in [-0.15, -0.1) is 0 Å². The van der Waals surface area contributed by atoms with E-state index in [1.54, 1.807) is 12.3 Å². The highest BCUT2D eigenvalue weighted by atomic mass is 16.5. The van der Waals surface area contributed by atoms with E-state index in [0.717, 1.165) is 22.7 Å². The van der Waals surface area contributed by atoms with Crippen LogP contribution in [0.4, 0.5) is 5.82 Å². The van der Waals surface area contributed by atoms with E-state index in [2.05, 4.69) is 21.6 Å². The molecule has 0 aliphatic rings. The molecule has 2 aromatic carbocycles. The maximum atomic E-state index is 8.92. The van der Waals surface area contributed by atoms with Crippen molar-refractivity contribution in [2.75, 3.05) is 5.32 Å². The van der Waals surface area contributed by atoms with Crippen molar-refractivity contribution in [2.24, 2.45) is 0 Å². The molecule has 5 nitrogen and oxygen atoms in total. The van der Waals surface area contributed by atoms with Gasteiger partial charge in [-0.1, -0.05) is 24.3 Å². The number of ether oxygens (including phenoxy) is 1. The summed E-state index contributed by atoms with van der Waals surface area (Å²) < 4.78 is 5.81. The third kappa shape index (κ3) is 4.11. The normalized spacial score (nSPS) is 10.0. The number of nitriles is 1. The molecule has 1 aromatic heterocycles. The number of anilines is 1. The fourth-order valence-electron chi connectivity index (χ4n) is 2.19. The molecule has 0 saturated heterocycles. The van der Waals surface area contributed by atoms with E-state index >= 15 is 0 Å². The van der Waals surface area contributed by atoms with Crippen LogP contribution in [0.15, 0.2) is 60.8 Å². The topological polar surface area (TPSA) is 73.7 Å². The quantitative estimate of drug-likeness (QED) is 0.731. The van der Waals surface area contributed by atoms with Gasteiger partial charge in [-0.25, -0.2) is 0 Å². The molecule has 1 heterocycles. The second-order valence-corrected chi connectivity index (χ2v) is 5.07. The lowest BCUT2D eigenvalue weighted by Gasteiger charge is -2.09. The zero-order chi connectivity index (χ0) is 15.9. The first-order chi connectivity index (χ1) is 11.3. The summed E-state index contributed by atoms with van der Waals surface area (Å²) >= 11 is 0. The molecule has 0 unspecified atom stereocenters. The van der Waals surface area contributed by atoms with Crippen LogP contribution in [0.25, 0.3) is 0 Å². The third-order valence-corrected chi connectivity index (χ3v) is 3.34. The number of hydrogen-bond donors (Lipinski definition) is 2. The van der Waals surface area contributed by atoms with Crippen LogP contribution in [-0.2, 0) is 13.2 Å². The van der Waals surface area contributed by atoms with Gasteiger partial charge >= 0.3 is 0 Å². The van der Waals surface area contributed by atoms with Crippen LogP contribution >= 0.6 is 0 Å². The van der Waals surface area contributed by atoms with Gasteiger partial charge in [-0.05, 0) is 41.5 Å². The lowest BCUT2D eigenvalue weighted by Crippen LogP contribution is -2.01. The number of hydrogen-bond acceptors (Lipinski definition) is 4. The molecule has 0 saturated carbocycles. The molecule has 3 aromatic rings. The van der Waals surface area contributed by atoms with Crippen molar-refractivity contribution < 1.29 is 4.74 Å². The van der Waals surface area contributed by atoms with Gasteiger partial charge in [0.05, 0.1) is 17.8 Å².